The van der Waals surface area contributed by atoms with Crippen molar-refractivity contribution in [1.29, 1.82) is 0 Å². The lowest BCUT2D eigenvalue weighted by Gasteiger charge is -2.25. The maximum atomic E-state index is 12.8. The number of aliphatic carboxylic acids is 1. The first kappa shape index (κ1) is 24.8. The topological polar surface area (TPSA) is 142 Å². The minimum Gasteiger partial charge on any atom is -0.481 e. The number of rotatable bonds is 12. The van der Waals surface area contributed by atoms with Crippen molar-refractivity contribution in [3.05, 3.63) is 41.2 Å². The first-order chi connectivity index (χ1) is 15.7. The van der Waals surface area contributed by atoms with Crippen LogP contribution in [0.25, 0.3) is 0 Å². The van der Waals surface area contributed by atoms with E-state index in [-0.39, 0.29) is 35.4 Å². The van der Waals surface area contributed by atoms with Gasteiger partial charge in [0.25, 0.3) is 5.91 Å². The lowest BCUT2D eigenvalue weighted by molar-refractivity contribution is -0.136. The summed E-state index contributed by atoms with van der Waals surface area (Å²) < 4.78 is 27.0. The Morgan fingerprint density at radius 3 is 2.67 bits per heavy atom. The van der Waals surface area contributed by atoms with Gasteiger partial charge in [-0.05, 0) is 37.2 Å². The summed E-state index contributed by atoms with van der Waals surface area (Å²) in [6.07, 6.45) is 9.10. The molecule has 0 saturated heterocycles. The smallest absolute Gasteiger partial charge is 0.304 e. The molecule has 10 nitrogen and oxygen atoms in total. The maximum absolute atomic E-state index is 12.8. The van der Waals surface area contributed by atoms with Crippen LogP contribution < -0.4 is 14.9 Å². The molecule has 3 N–H and O–H groups in total. The van der Waals surface area contributed by atoms with Crippen LogP contribution in [-0.4, -0.2) is 61.0 Å². The van der Waals surface area contributed by atoms with Crippen molar-refractivity contribution in [2.24, 2.45) is 11.8 Å². The predicted octanol–water partition coefficient (Wildman–Crippen LogP) is 1.69. The number of sulfonamides is 1. The number of carboxylic acid groups (broad SMARTS) is 1. The second-order valence-electron chi connectivity index (χ2n) is 8.48. The number of carbonyl (C=O) groups is 2. The highest BCUT2D eigenvalue weighted by molar-refractivity contribution is 7.93. The van der Waals surface area contributed by atoms with Crippen molar-refractivity contribution in [1.82, 2.24) is 20.0 Å². The number of hydrogen-bond acceptors (Lipinski definition) is 7. The Morgan fingerprint density at radius 2 is 2.03 bits per heavy atom. The molecule has 0 aromatic carbocycles. The van der Waals surface area contributed by atoms with Crippen molar-refractivity contribution in [3.8, 4) is 0 Å². The summed E-state index contributed by atoms with van der Waals surface area (Å²) in [6.45, 7) is 5.50. The zero-order valence-electron chi connectivity index (χ0n) is 18.9. The van der Waals surface area contributed by atoms with Gasteiger partial charge in [-0.3, -0.25) is 9.59 Å². The molecular weight excluding hydrogens is 446 g/mol. The third-order valence-electron chi connectivity index (χ3n) is 5.58. The Kier molecular flexibility index (Phi) is 8.20. The van der Waals surface area contributed by atoms with Crippen LogP contribution in [0.1, 0.15) is 50.0 Å². The van der Waals surface area contributed by atoms with Gasteiger partial charge in [-0.25, -0.2) is 23.1 Å². The fourth-order valence-electron chi connectivity index (χ4n) is 3.58. The summed E-state index contributed by atoms with van der Waals surface area (Å²) in [5.41, 5.74) is 0.259. The third-order valence-corrected chi connectivity index (χ3v) is 7.06. The summed E-state index contributed by atoms with van der Waals surface area (Å²) >= 11 is 0. The van der Waals surface area contributed by atoms with E-state index in [4.69, 9.17) is 5.11 Å². The minimum absolute atomic E-state index is 0.0468. The van der Waals surface area contributed by atoms with E-state index in [1.54, 1.807) is 19.1 Å². The average molecular weight is 478 g/mol. The number of aromatic nitrogens is 2. The lowest BCUT2D eigenvalue weighted by atomic mass is 9.97. The number of carbonyl (C=O) groups excluding carboxylic acids is 1. The molecule has 33 heavy (non-hydrogen) atoms. The van der Waals surface area contributed by atoms with Gasteiger partial charge in [0.05, 0.1) is 17.4 Å². The molecule has 2 aliphatic rings. The Balaban J connectivity index is 1.63. The number of allylic oxidation sites excluding steroid dienone is 1. The number of anilines is 1. The second-order valence-corrected chi connectivity index (χ2v) is 10.2. The minimum atomic E-state index is -3.82. The second kappa shape index (κ2) is 10.9. The quantitative estimate of drug-likeness (QED) is 0.413. The number of nitrogens with zero attached hydrogens (tertiary/aromatic N) is 3. The van der Waals surface area contributed by atoms with E-state index < -0.39 is 22.0 Å². The maximum Gasteiger partial charge on any atom is 0.304 e. The molecule has 1 fully saturated rings. The van der Waals surface area contributed by atoms with Crippen LogP contribution >= 0.6 is 0 Å². The Bertz CT molecular complexity index is 1040. The van der Waals surface area contributed by atoms with E-state index in [0.29, 0.717) is 5.92 Å². The fraction of sp³-hybridized carbons (Fsp3) is 0.545. The Hall–Kier alpha value is -2.79. The van der Waals surface area contributed by atoms with E-state index >= 15 is 0 Å². The molecule has 2 aliphatic carbocycles. The SMILES string of the molecule is CCCN(CC1CC1)c1cc(C(=O)NC2C=CC(S(=O)(=O)NCCC(=O)O)=CC2C)ncn1. The highest BCUT2D eigenvalue weighted by atomic mass is 32.2. The van der Waals surface area contributed by atoms with Crippen LogP contribution in [0.4, 0.5) is 5.82 Å². The summed E-state index contributed by atoms with van der Waals surface area (Å²) in [7, 11) is -3.82. The summed E-state index contributed by atoms with van der Waals surface area (Å²) in [6, 6.07) is 1.29. The number of amides is 1. The van der Waals surface area contributed by atoms with Crippen LogP contribution in [-0.2, 0) is 14.8 Å². The molecule has 3 rings (SSSR count). The van der Waals surface area contributed by atoms with Crippen LogP contribution in [0.15, 0.2) is 35.5 Å². The molecule has 1 saturated carbocycles. The normalized spacial score (nSPS) is 20.2. The van der Waals surface area contributed by atoms with Gasteiger partial charge >= 0.3 is 5.97 Å². The molecule has 180 valence electrons. The zero-order chi connectivity index (χ0) is 24.0. The van der Waals surface area contributed by atoms with Crippen LogP contribution in [0.5, 0.6) is 0 Å². The number of nitrogens with one attached hydrogen (secondary N) is 2. The average Bonchev–Trinajstić information content (AvgIpc) is 3.58. The van der Waals surface area contributed by atoms with Crippen molar-refractivity contribution in [2.75, 3.05) is 24.5 Å². The summed E-state index contributed by atoms with van der Waals surface area (Å²) in [5.74, 6) is -0.315. The van der Waals surface area contributed by atoms with Gasteiger partial charge in [0, 0.05) is 25.7 Å². The van der Waals surface area contributed by atoms with Crippen molar-refractivity contribution < 1.29 is 23.1 Å². The van der Waals surface area contributed by atoms with Gasteiger partial charge in [-0.15, -0.1) is 0 Å². The van der Waals surface area contributed by atoms with Gasteiger partial charge in [0.1, 0.15) is 17.8 Å². The molecule has 1 aromatic rings. The van der Waals surface area contributed by atoms with E-state index in [0.717, 1.165) is 25.3 Å². The van der Waals surface area contributed by atoms with Crippen LogP contribution in [0.2, 0.25) is 0 Å². The molecule has 2 atom stereocenters. The van der Waals surface area contributed by atoms with Crippen molar-refractivity contribution in [2.45, 2.75) is 45.6 Å². The molecule has 1 heterocycles. The molecular formula is C22H31N5O5S. The Morgan fingerprint density at radius 1 is 1.27 bits per heavy atom. The monoisotopic (exact) mass is 477 g/mol. The lowest BCUT2D eigenvalue weighted by Crippen LogP contribution is -2.40. The van der Waals surface area contributed by atoms with Gasteiger partial charge in [-0.2, -0.15) is 0 Å². The Labute approximate surface area is 194 Å². The number of carboxylic acids is 1. The summed E-state index contributed by atoms with van der Waals surface area (Å²) in [5, 5.41) is 11.6. The molecule has 11 heteroatoms. The molecule has 0 bridgehead atoms. The van der Waals surface area contributed by atoms with E-state index in [1.165, 1.54) is 31.3 Å². The van der Waals surface area contributed by atoms with Gasteiger partial charge in [0.15, 0.2) is 0 Å². The van der Waals surface area contributed by atoms with Crippen molar-refractivity contribution in [3.63, 3.8) is 0 Å². The largest absolute Gasteiger partial charge is 0.481 e. The summed E-state index contributed by atoms with van der Waals surface area (Å²) in [4.78, 5) is 34.2. The molecule has 2 unspecified atom stereocenters. The molecule has 0 radical (unpaired) electrons. The number of hydrogen-bond donors (Lipinski definition) is 3. The predicted molar refractivity (Wildman–Crippen MR) is 124 cm³/mol. The molecule has 1 amide bonds. The highest BCUT2D eigenvalue weighted by Crippen LogP contribution is 2.31. The first-order valence-corrected chi connectivity index (χ1v) is 12.7. The molecule has 0 aliphatic heterocycles. The molecule has 1 aromatic heterocycles. The fourth-order valence-corrected chi connectivity index (χ4v) is 4.77. The van der Waals surface area contributed by atoms with E-state index in [1.807, 2.05) is 0 Å². The van der Waals surface area contributed by atoms with Gasteiger partial charge < -0.3 is 15.3 Å². The van der Waals surface area contributed by atoms with E-state index in [9.17, 15) is 18.0 Å². The molecule has 0 spiro atoms. The standard InChI is InChI=1S/C22H31N5O5S/c1-3-10-27(13-16-4-5-16)20-12-19(23-14-24-20)22(30)26-18-7-6-17(11-15(18)2)33(31,32)25-9-8-21(28)29/h6-7,11-12,14-16,18,25H,3-5,8-10,13H2,1-2H3,(H,26,30)(H,28,29). The van der Waals surface area contributed by atoms with Gasteiger partial charge in [0.2, 0.25) is 10.0 Å². The first-order valence-electron chi connectivity index (χ1n) is 11.2. The third kappa shape index (κ3) is 7.10. The van der Waals surface area contributed by atoms with Crippen LogP contribution in [0.3, 0.4) is 0 Å². The van der Waals surface area contributed by atoms with Crippen molar-refractivity contribution >= 4 is 27.7 Å². The zero-order valence-corrected chi connectivity index (χ0v) is 19.7. The highest BCUT2D eigenvalue weighted by Gasteiger charge is 2.27. The van der Waals surface area contributed by atoms with Gasteiger partial charge in [-0.1, -0.05) is 26.0 Å². The van der Waals surface area contributed by atoms with E-state index in [2.05, 4.69) is 31.8 Å². The van der Waals surface area contributed by atoms with Crippen LogP contribution in [0, 0.1) is 11.8 Å².